The van der Waals surface area contributed by atoms with Crippen molar-refractivity contribution in [3.05, 3.63) is 32.7 Å². The summed E-state index contributed by atoms with van der Waals surface area (Å²) >= 11 is 6.75. The van der Waals surface area contributed by atoms with Crippen molar-refractivity contribution in [1.29, 1.82) is 0 Å². The number of nitrogens with one attached hydrogen (secondary N) is 1. The Morgan fingerprint density at radius 2 is 2.17 bits per heavy atom. The number of amides is 1. The molecule has 0 unspecified atom stereocenters. The van der Waals surface area contributed by atoms with Gasteiger partial charge in [0.1, 0.15) is 0 Å². The Kier molecular flexibility index (Phi) is 4.45. The topological polar surface area (TPSA) is 38.3 Å². The van der Waals surface area contributed by atoms with Crippen LogP contribution >= 0.6 is 31.9 Å². The molecule has 1 aromatic rings. The lowest BCUT2D eigenvalue weighted by Crippen LogP contribution is -2.49. The van der Waals surface area contributed by atoms with E-state index in [1.165, 1.54) is 6.42 Å². The number of ether oxygens (including phenoxy) is 1. The van der Waals surface area contributed by atoms with E-state index in [9.17, 15) is 4.79 Å². The zero-order chi connectivity index (χ0) is 13.2. The predicted octanol–water partition coefficient (Wildman–Crippen LogP) is 3.51. The molecule has 1 saturated carbocycles. The molecule has 1 N–H and O–H groups in total. The second-order valence-corrected chi connectivity index (χ2v) is 6.32. The van der Waals surface area contributed by atoms with Crippen LogP contribution in [0.2, 0.25) is 0 Å². The van der Waals surface area contributed by atoms with Gasteiger partial charge in [0.05, 0.1) is 11.2 Å². The number of methoxy groups -OCH3 is 1. The molecule has 1 fully saturated rings. The van der Waals surface area contributed by atoms with Gasteiger partial charge in [0.2, 0.25) is 0 Å². The van der Waals surface area contributed by atoms with E-state index in [0.717, 1.165) is 21.8 Å². The Balaban J connectivity index is 2.01. The van der Waals surface area contributed by atoms with Crippen molar-refractivity contribution in [1.82, 2.24) is 5.32 Å². The maximum Gasteiger partial charge on any atom is 0.252 e. The van der Waals surface area contributed by atoms with Crippen molar-refractivity contribution in [2.45, 2.75) is 24.9 Å². The molecule has 1 aromatic carbocycles. The van der Waals surface area contributed by atoms with E-state index >= 15 is 0 Å². The lowest BCUT2D eigenvalue weighted by molar-refractivity contribution is -0.0679. The van der Waals surface area contributed by atoms with E-state index in [2.05, 4.69) is 37.2 Å². The smallest absolute Gasteiger partial charge is 0.252 e. The first kappa shape index (κ1) is 14.0. The van der Waals surface area contributed by atoms with Gasteiger partial charge in [0, 0.05) is 22.6 Å². The highest BCUT2D eigenvalue weighted by Gasteiger charge is 2.37. The van der Waals surface area contributed by atoms with Crippen LogP contribution in [0.4, 0.5) is 0 Å². The molecule has 0 saturated heterocycles. The van der Waals surface area contributed by atoms with Gasteiger partial charge in [-0.05, 0) is 53.4 Å². The van der Waals surface area contributed by atoms with Crippen molar-refractivity contribution in [2.75, 3.05) is 13.7 Å². The summed E-state index contributed by atoms with van der Waals surface area (Å²) in [6, 6.07) is 5.55. The summed E-state index contributed by atoms with van der Waals surface area (Å²) in [6.07, 6.45) is 3.21. The monoisotopic (exact) mass is 375 g/mol. The van der Waals surface area contributed by atoms with Crippen molar-refractivity contribution >= 4 is 37.8 Å². The molecule has 0 aromatic heterocycles. The van der Waals surface area contributed by atoms with Gasteiger partial charge in [0.25, 0.3) is 5.91 Å². The Bertz CT molecular complexity index is 453. The van der Waals surface area contributed by atoms with Crippen LogP contribution in [0.3, 0.4) is 0 Å². The minimum absolute atomic E-state index is 0.0773. The summed E-state index contributed by atoms with van der Waals surface area (Å²) < 4.78 is 7.16. The summed E-state index contributed by atoms with van der Waals surface area (Å²) in [7, 11) is 1.71. The van der Waals surface area contributed by atoms with Crippen molar-refractivity contribution in [3.8, 4) is 0 Å². The number of halogens is 2. The van der Waals surface area contributed by atoms with E-state index in [0.29, 0.717) is 12.1 Å². The normalized spacial score (nSPS) is 17.1. The SMILES string of the molecule is COC1(CNC(=O)c2cc(Br)ccc2Br)CCC1. The van der Waals surface area contributed by atoms with Gasteiger partial charge in [-0.15, -0.1) is 0 Å². The molecule has 0 aliphatic heterocycles. The second-order valence-electron chi connectivity index (χ2n) is 4.55. The summed E-state index contributed by atoms with van der Waals surface area (Å²) in [5, 5.41) is 2.95. The summed E-state index contributed by atoms with van der Waals surface area (Å²) in [5.74, 6) is -0.0773. The molecular formula is C13H15Br2NO2. The molecule has 2 rings (SSSR count). The first-order valence-electron chi connectivity index (χ1n) is 5.85. The Morgan fingerprint density at radius 3 is 2.72 bits per heavy atom. The zero-order valence-electron chi connectivity index (χ0n) is 10.1. The molecule has 1 aliphatic carbocycles. The minimum Gasteiger partial charge on any atom is -0.376 e. The molecular weight excluding hydrogens is 362 g/mol. The number of benzene rings is 1. The van der Waals surface area contributed by atoms with Crippen LogP contribution in [0.25, 0.3) is 0 Å². The first-order valence-corrected chi connectivity index (χ1v) is 7.43. The molecule has 0 heterocycles. The maximum absolute atomic E-state index is 12.1. The van der Waals surface area contributed by atoms with Gasteiger partial charge in [-0.25, -0.2) is 0 Å². The number of hydrogen-bond donors (Lipinski definition) is 1. The van der Waals surface area contributed by atoms with Gasteiger partial charge >= 0.3 is 0 Å². The average molecular weight is 377 g/mol. The Morgan fingerprint density at radius 1 is 1.44 bits per heavy atom. The van der Waals surface area contributed by atoms with Crippen molar-refractivity contribution < 1.29 is 9.53 Å². The number of carbonyl (C=O) groups is 1. The number of carbonyl (C=O) groups excluding carboxylic acids is 1. The first-order chi connectivity index (χ1) is 8.56. The van der Waals surface area contributed by atoms with Gasteiger partial charge in [-0.3, -0.25) is 4.79 Å². The fourth-order valence-corrected chi connectivity index (χ4v) is 2.82. The van der Waals surface area contributed by atoms with E-state index in [-0.39, 0.29) is 11.5 Å². The summed E-state index contributed by atoms with van der Waals surface area (Å²) in [4.78, 5) is 12.1. The van der Waals surface area contributed by atoms with Crippen LogP contribution < -0.4 is 5.32 Å². The van der Waals surface area contributed by atoms with Crippen LogP contribution in [-0.4, -0.2) is 25.2 Å². The molecule has 5 heteroatoms. The Labute approximate surface area is 124 Å². The van der Waals surface area contributed by atoms with E-state index < -0.39 is 0 Å². The van der Waals surface area contributed by atoms with Crippen LogP contribution in [0.1, 0.15) is 29.6 Å². The Hall–Kier alpha value is -0.390. The molecule has 1 aliphatic rings. The molecule has 0 bridgehead atoms. The molecule has 0 spiro atoms. The standard InChI is InChI=1S/C13H15Br2NO2/c1-18-13(5-2-6-13)8-16-12(17)10-7-9(14)3-4-11(10)15/h3-4,7H,2,5-6,8H2,1H3,(H,16,17). The predicted molar refractivity (Wildman–Crippen MR) is 77.8 cm³/mol. The van der Waals surface area contributed by atoms with E-state index in [1.54, 1.807) is 13.2 Å². The second kappa shape index (κ2) is 5.72. The molecule has 3 nitrogen and oxygen atoms in total. The zero-order valence-corrected chi connectivity index (χ0v) is 13.3. The molecule has 0 atom stereocenters. The summed E-state index contributed by atoms with van der Waals surface area (Å²) in [6.45, 7) is 0.571. The third-order valence-corrected chi connectivity index (χ3v) is 4.63. The highest BCUT2D eigenvalue weighted by Crippen LogP contribution is 2.34. The average Bonchev–Trinajstić information content (AvgIpc) is 2.31. The minimum atomic E-state index is -0.145. The summed E-state index contributed by atoms with van der Waals surface area (Å²) in [5.41, 5.74) is 0.490. The lowest BCUT2D eigenvalue weighted by atomic mass is 9.80. The van der Waals surface area contributed by atoms with Crippen LogP contribution in [0, 0.1) is 0 Å². The molecule has 1 amide bonds. The van der Waals surface area contributed by atoms with Crippen LogP contribution in [0.15, 0.2) is 27.1 Å². The van der Waals surface area contributed by atoms with E-state index in [4.69, 9.17) is 4.74 Å². The third kappa shape index (κ3) is 2.95. The number of hydrogen-bond acceptors (Lipinski definition) is 2. The van der Waals surface area contributed by atoms with Gasteiger partial charge in [-0.2, -0.15) is 0 Å². The highest BCUT2D eigenvalue weighted by molar-refractivity contribution is 9.11. The highest BCUT2D eigenvalue weighted by atomic mass is 79.9. The molecule has 98 valence electrons. The lowest BCUT2D eigenvalue weighted by Gasteiger charge is -2.40. The van der Waals surface area contributed by atoms with Gasteiger partial charge < -0.3 is 10.1 Å². The molecule has 18 heavy (non-hydrogen) atoms. The fourth-order valence-electron chi connectivity index (χ4n) is 2.03. The van der Waals surface area contributed by atoms with Gasteiger partial charge in [0.15, 0.2) is 0 Å². The number of rotatable bonds is 4. The third-order valence-electron chi connectivity index (χ3n) is 3.44. The largest absolute Gasteiger partial charge is 0.376 e. The quantitative estimate of drug-likeness (QED) is 0.873. The maximum atomic E-state index is 12.1. The van der Waals surface area contributed by atoms with Crippen molar-refractivity contribution in [2.24, 2.45) is 0 Å². The fraction of sp³-hybridized carbons (Fsp3) is 0.462. The molecule has 0 radical (unpaired) electrons. The van der Waals surface area contributed by atoms with Crippen LogP contribution in [-0.2, 0) is 4.74 Å². The van der Waals surface area contributed by atoms with E-state index in [1.807, 2.05) is 12.1 Å². The van der Waals surface area contributed by atoms with Crippen LogP contribution in [0.5, 0.6) is 0 Å². The van der Waals surface area contributed by atoms with Gasteiger partial charge in [-0.1, -0.05) is 15.9 Å². The van der Waals surface area contributed by atoms with Crippen molar-refractivity contribution in [3.63, 3.8) is 0 Å².